The summed E-state index contributed by atoms with van der Waals surface area (Å²) in [5.74, 6) is 1.68. The molecule has 1 unspecified atom stereocenters. The van der Waals surface area contributed by atoms with Crippen LogP contribution >= 0.6 is 39.9 Å². The molecule has 1 aliphatic rings. The summed E-state index contributed by atoms with van der Waals surface area (Å²) in [4.78, 5) is 15.9. The Morgan fingerprint density at radius 3 is 2.92 bits per heavy atom. The van der Waals surface area contributed by atoms with E-state index in [1.165, 1.54) is 0 Å². The molecule has 1 aromatic rings. The summed E-state index contributed by atoms with van der Waals surface area (Å²) >= 11 is 3.47. The van der Waals surface area contributed by atoms with Crippen molar-refractivity contribution in [3.8, 4) is 5.75 Å². The van der Waals surface area contributed by atoms with Gasteiger partial charge in [-0.15, -0.1) is 24.0 Å². The SMILES string of the molecule is CCNC(=NCc1cc(Br)ccc1OC)NC1CCC(=O)NC1.I. The van der Waals surface area contributed by atoms with Crippen LogP contribution in [0.4, 0.5) is 0 Å². The number of amides is 1. The Morgan fingerprint density at radius 1 is 1.50 bits per heavy atom. The van der Waals surface area contributed by atoms with Crippen LogP contribution in [-0.4, -0.2) is 38.1 Å². The van der Waals surface area contributed by atoms with Crippen molar-refractivity contribution in [3.05, 3.63) is 28.2 Å². The third-order valence-electron chi connectivity index (χ3n) is 3.60. The van der Waals surface area contributed by atoms with E-state index in [-0.39, 0.29) is 35.9 Å². The van der Waals surface area contributed by atoms with Crippen molar-refractivity contribution in [1.29, 1.82) is 0 Å². The molecule has 0 spiro atoms. The molecule has 1 heterocycles. The first-order valence-electron chi connectivity index (χ1n) is 7.76. The molecule has 3 N–H and O–H groups in total. The van der Waals surface area contributed by atoms with Gasteiger partial charge in [-0.2, -0.15) is 0 Å². The summed E-state index contributed by atoms with van der Waals surface area (Å²) < 4.78 is 6.37. The summed E-state index contributed by atoms with van der Waals surface area (Å²) in [6.45, 7) is 3.94. The number of carbonyl (C=O) groups is 1. The number of hydrogen-bond donors (Lipinski definition) is 3. The Kier molecular flexibility index (Phi) is 9.42. The van der Waals surface area contributed by atoms with Gasteiger partial charge in [-0.3, -0.25) is 4.79 Å². The van der Waals surface area contributed by atoms with Crippen molar-refractivity contribution < 1.29 is 9.53 Å². The fraction of sp³-hybridized carbons (Fsp3) is 0.500. The first kappa shape index (κ1) is 21.0. The summed E-state index contributed by atoms with van der Waals surface area (Å²) in [6, 6.07) is 6.08. The maximum atomic E-state index is 11.2. The van der Waals surface area contributed by atoms with Gasteiger partial charge >= 0.3 is 0 Å². The highest BCUT2D eigenvalue weighted by atomic mass is 127. The monoisotopic (exact) mass is 510 g/mol. The summed E-state index contributed by atoms with van der Waals surface area (Å²) in [5.41, 5.74) is 1.01. The van der Waals surface area contributed by atoms with E-state index < -0.39 is 0 Å². The van der Waals surface area contributed by atoms with Crippen LogP contribution in [0.15, 0.2) is 27.7 Å². The van der Waals surface area contributed by atoms with E-state index in [0.717, 1.165) is 34.7 Å². The number of nitrogens with one attached hydrogen (secondary N) is 3. The second kappa shape index (κ2) is 10.8. The number of rotatable bonds is 5. The quantitative estimate of drug-likeness (QED) is 0.323. The number of guanidine groups is 1. The third-order valence-corrected chi connectivity index (χ3v) is 4.09. The van der Waals surface area contributed by atoms with Crippen molar-refractivity contribution in [3.63, 3.8) is 0 Å². The van der Waals surface area contributed by atoms with Crippen molar-refractivity contribution in [1.82, 2.24) is 16.0 Å². The molecule has 0 aromatic heterocycles. The molecule has 24 heavy (non-hydrogen) atoms. The zero-order valence-electron chi connectivity index (χ0n) is 13.9. The molecule has 8 heteroatoms. The smallest absolute Gasteiger partial charge is 0.220 e. The predicted molar refractivity (Wildman–Crippen MR) is 110 cm³/mol. The van der Waals surface area contributed by atoms with E-state index in [4.69, 9.17) is 4.74 Å². The topological polar surface area (TPSA) is 74.8 Å². The number of hydrogen-bond acceptors (Lipinski definition) is 3. The fourth-order valence-electron chi connectivity index (χ4n) is 2.40. The molecular weight excluding hydrogens is 487 g/mol. The van der Waals surface area contributed by atoms with Crippen LogP contribution in [-0.2, 0) is 11.3 Å². The van der Waals surface area contributed by atoms with E-state index in [2.05, 4.69) is 36.9 Å². The van der Waals surface area contributed by atoms with Crippen LogP contribution < -0.4 is 20.7 Å². The Labute approximate surface area is 168 Å². The van der Waals surface area contributed by atoms with Crippen molar-refractivity contribution >= 4 is 51.8 Å². The van der Waals surface area contributed by atoms with Gasteiger partial charge in [0.15, 0.2) is 5.96 Å². The first-order chi connectivity index (χ1) is 11.1. The summed E-state index contributed by atoms with van der Waals surface area (Å²) in [6.07, 6.45) is 1.37. The number of benzene rings is 1. The minimum atomic E-state index is 0. The number of aliphatic imine (C=N–C) groups is 1. The number of ether oxygens (including phenoxy) is 1. The molecular formula is C16H24BrIN4O2. The predicted octanol–water partition coefficient (Wildman–Crippen LogP) is 2.41. The van der Waals surface area contributed by atoms with Crippen LogP contribution in [0.1, 0.15) is 25.3 Å². The highest BCUT2D eigenvalue weighted by molar-refractivity contribution is 14.0. The second-order valence-electron chi connectivity index (χ2n) is 5.34. The molecule has 2 rings (SSSR count). The molecule has 1 amide bonds. The van der Waals surface area contributed by atoms with E-state index in [1.807, 2.05) is 25.1 Å². The van der Waals surface area contributed by atoms with Gasteiger partial charge in [-0.1, -0.05) is 15.9 Å². The minimum absolute atomic E-state index is 0. The van der Waals surface area contributed by atoms with Gasteiger partial charge in [0, 0.05) is 35.6 Å². The Bertz CT molecular complexity index is 573. The highest BCUT2D eigenvalue weighted by Crippen LogP contribution is 2.23. The molecule has 1 aliphatic heterocycles. The van der Waals surface area contributed by atoms with Crippen LogP contribution in [0, 0.1) is 0 Å². The zero-order chi connectivity index (χ0) is 16.7. The van der Waals surface area contributed by atoms with Crippen LogP contribution in [0.3, 0.4) is 0 Å². The van der Waals surface area contributed by atoms with Crippen LogP contribution in [0.25, 0.3) is 0 Å². The van der Waals surface area contributed by atoms with Crippen LogP contribution in [0.2, 0.25) is 0 Å². The Morgan fingerprint density at radius 2 is 2.29 bits per heavy atom. The first-order valence-corrected chi connectivity index (χ1v) is 8.55. The van der Waals surface area contributed by atoms with E-state index in [9.17, 15) is 4.79 Å². The maximum absolute atomic E-state index is 11.2. The van der Waals surface area contributed by atoms with Crippen molar-refractivity contribution in [2.75, 3.05) is 20.2 Å². The van der Waals surface area contributed by atoms with Gasteiger partial charge < -0.3 is 20.7 Å². The average Bonchev–Trinajstić information content (AvgIpc) is 2.55. The zero-order valence-corrected chi connectivity index (χ0v) is 17.8. The molecule has 1 saturated heterocycles. The van der Waals surface area contributed by atoms with Gasteiger partial charge in [-0.05, 0) is 31.5 Å². The van der Waals surface area contributed by atoms with Gasteiger partial charge in [0.25, 0.3) is 0 Å². The lowest BCUT2D eigenvalue weighted by molar-refractivity contribution is -0.122. The largest absolute Gasteiger partial charge is 0.496 e. The number of piperidine rings is 1. The Balaban J connectivity index is 0.00000288. The molecule has 0 aliphatic carbocycles. The average molecular weight is 511 g/mol. The number of nitrogens with zero attached hydrogens (tertiary/aromatic N) is 1. The van der Waals surface area contributed by atoms with Gasteiger partial charge in [0.2, 0.25) is 5.91 Å². The third kappa shape index (κ3) is 6.46. The highest BCUT2D eigenvalue weighted by Gasteiger charge is 2.18. The molecule has 134 valence electrons. The number of halogens is 2. The van der Waals surface area contributed by atoms with Crippen LogP contribution in [0.5, 0.6) is 5.75 Å². The van der Waals surface area contributed by atoms with Gasteiger partial charge in [0.05, 0.1) is 13.7 Å². The standard InChI is InChI=1S/C16H23BrN4O2.HI/c1-3-18-16(21-13-5-7-15(22)19-10-13)20-9-11-8-12(17)4-6-14(11)23-2;/h4,6,8,13H,3,5,7,9-10H2,1-2H3,(H,19,22)(H2,18,20,21);1H. The molecule has 0 bridgehead atoms. The normalized spacial score (nSPS) is 17.5. The molecule has 1 fully saturated rings. The lowest BCUT2D eigenvalue weighted by Gasteiger charge is -2.25. The molecule has 0 radical (unpaired) electrons. The fourth-order valence-corrected chi connectivity index (χ4v) is 2.81. The van der Waals surface area contributed by atoms with E-state index >= 15 is 0 Å². The maximum Gasteiger partial charge on any atom is 0.220 e. The lowest BCUT2D eigenvalue weighted by atomic mass is 10.1. The molecule has 1 aromatic carbocycles. The van der Waals surface area contributed by atoms with E-state index in [0.29, 0.717) is 19.5 Å². The molecule has 0 saturated carbocycles. The van der Waals surface area contributed by atoms with E-state index in [1.54, 1.807) is 7.11 Å². The van der Waals surface area contributed by atoms with Gasteiger partial charge in [0.1, 0.15) is 5.75 Å². The van der Waals surface area contributed by atoms with Crippen molar-refractivity contribution in [2.45, 2.75) is 32.4 Å². The van der Waals surface area contributed by atoms with Crippen molar-refractivity contribution in [2.24, 2.45) is 4.99 Å². The van der Waals surface area contributed by atoms with Gasteiger partial charge in [-0.25, -0.2) is 4.99 Å². The molecule has 1 atom stereocenters. The summed E-state index contributed by atoms with van der Waals surface area (Å²) in [7, 11) is 1.66. The second-order valence-corrected chi connectivity index (χ2v) is 6.25. The number of methoxy groups -OCH3 is 1. The lowest BCUT2D eigenvalue weighted by Crippen LogP contribution is -2.51. The number of carbonyl (C=O) groups excluding carboxylic acids is 1. The Hall–Kier alpha value is -1.03. The molecule has 6 nitrogen and oxygen atoms in total. The minimum Gasteiger partial charge on any atom is -0.496 e. The summed E-state index contributed by atoms with van der Waals surface area (Å²) in [5, 5.41) is 9.48.